The number of anilines is 1. The summed E-state index contributed by atoms with van der Waals surface area (Å²) in [6.45, 7) is 3.74. The molecule has 0 aliphatic rings. The lowest BCUT2D eigenvalue weighted by atomic mass is 10.1. The third-order valence-corrected chi connectivity index (χ3v) is 5.95. The Morgan fingerprint density at radius 2 is 1.91 bits per heavy atom. The highest BCUT2D eigenvalue weighted by molar-refractivity contribution is 7.99. The van der Waals surface area contributed by atoms with Crippen molar-refractivity contribution in [3.63, 3.8) is 0 Å². The Hall–Kier alpha value is -3.93. The molecule has 0 bridgehead atoms. The zero-order valence-electron chi connectivity index (χ0n) is 19.1. The van der Waals surface area contributed by atoms with E-state index in [9.17, 15) is 19.7 Å². The van der Waals surface area contributed by atoms with Gasteiger partial charge in [-0.3, -0.25) is 19.7 Å². The summed E-state index contributed by atoms with van der Waals surface area (Å²) < 4.78 is 6.68. The third kappa shape index (κ3) is 5.90. The molecular formula is C22H24N6O5S. The molecule has 2 amide bonds. The van der Waals surface area contributed by atoms with E-state index in [0.29, 0.717) is 22.3 Å². The van der Waals surface area contributed by atoms with Crippen LogP contribution in [-0.2, 0) is 11.8 Å². The molecule has 2 N–H and O–H groups in total. The summed E-state index contributed by atoms with van der Waals surface area (Å²) >= 11 is 1.12. The second kappa shape index (κ2) is 10.8. The molecule has 12 heteroatoms. The van der Waals surface area contributed by atoms with Crippen LogP contribution in [0.5, 0.6) is 5.75 Å². The molecule has 11 nitrogen and oxygen atoms in total. The van der Waals surface area contributed by atoms with Crippen LogP contribution < -0.4 is 15.4 Å². The molecule has 1 aromatic heterocycles. The van der Waals surface area contributed by atoms with Crippen LogP contribution in [0, 0.1) is 17.0 Å². The molecule has 3 rings (SSSR count). The number of nitro groups is 1. The van der Waals surface area contributed by atoms with Crippen LogP contribution in [0.3, 0.4) is 0 Å². The van der Waals surface area contributed by atoms with Gasteiger partial charge >= 0.3 is 0 Å². The Bertz CT molecular complexity index is 1210. The monoisotopic (exact) mass is 484 g/mol. The Labute approximate surface area is 200 Å². The number of nitrogens with zero attached hydrogens (tertiary/aromatic N) is 4. The van der Waals surface area contributed by atoms with E-state index < -0.39 is 16.9 Å². The minimum absolute atomic E-state index is 0.0424. The number of thioether (sulfide) groups is 1. The van der Waals surface area contributed by atoms with Gasteiger partial charge < -0.3 is 19.9 Å². The Kier molecular flexibility index (Phi) is 7.84. The van der Waals surface area contributed by atoms with Crippen molar-refractivity contribution in [2.24, 2.45) is 7.05 Å². The quantitative estimate of drug-likeness (QED) is 0.268. The van der Waals surface area contributed by atoms with Gasteiger partial charge in [0.15, 0.2) is 11.0 Å². The maximum Gasteiger partial charge on any atom is 0.296 e. The molecule has 1 atom stereocenters. The molecular weight excluding hydrogens is 460 g/mol. The van der Waals surface area contributed by atoms with Crippen molar-refractivity contribution in [3.8, 4) is 5.75 Å². The average molecular weight is 485 g/mol. The summed E-state index contributed by atoms with van der Waals surface area (Å²) in [5, 5.41) is 25.4. The van der Waals surface area contributed by atoms with Gasteiger partial charge in [0.05, 0.1) is 29.9 Å². The maximum absolute atomic E-state index is 12.5. The van der Waals surface area contributed by atoms with Gasteiger partial charge in [0.25, 0.3) is 11.6 Å². The maximum atomic E-state index is 12.5. The zero-order valence-corrected chi connectivity index (χ0v) is 19.9. The van der Waals surface area contributed by atoms with E-state index >= 15 is 0 Å². The molecule has 1 heterocycles. The molecule has 0 unspecified atom stereocenters. The molecule has 0 radical (unpaired) electrons. The fourth-order valence-corrected chi connectivity index (χ4v) is 3.81. The number of nitro benzene ring substituents is 1. The van der Waals surface area contributed by atoms with Crippen molar-refractivity contribution in [3.05, 3.63) is 69.5 Å². The molecule has 3 aromatic rings. The number of rotatable bonds is 9. The first-order valence-corrected chi connectivity index (χ1v) is 11.2. The van der Waals surface area contributed by atoms with E-state index in [-0.39, 0.29) is 23.0 Å². The molecule has 0 saturated carbocycles. The van der Waals surface area contributed by atoms with Gasteiger partial charge in [0.2, 0.25) is 5.91 Å². The lowest BCUT2D eigenvalue weighted by Gasteiger charge is -2.13. The van der Waals surface area contributed by atoms with E-state index in [1.807, 2.05) is 19.1 Å². The zero-order chi connectivity index (χ0) is 24.8. The second-order valence-corrected chi connectivity index (χ2v) is 8.38. The molecule has 0 aliphatic heterocycles. The first-order chi connectivity index (χ1) is 16.2. The molecule has 0 fully saturated rings. The van der Waals surface area contributed by atoms with Crippen molar-refractivity contribution < 1.29 is 19.2 Å². The van der Waals surface area contributed by atoms with Crippen molar-refractivity contribution in [1.29, 1.82) is 0 Å². The lowest BCUT2D eigenvalue weighted by Crippen LogP contribution is -2.28. The number of ether oxygens (including phenoxy) is 1. The predicted molar refractivity (Wildman–Crippen MR) is 127 cm³/mol. The van der Waals surface area contributed by atoms with Gasteiger partial charge in [-0.05, 0) is 38.1 Å². The first kappa shape index (κ1) is 24.7. The summed E-state index contributed by atoms with van der Waals surface area (Å²) in [5.74, 6) is 0.122. The number of hydrogen-bond acceptors (Lipinski definition) is 8. The summed E-state index contributed by atoms with van der Waals surface area (Å²) in [5.41, 5.74) is 1.41. The highest BCUT2D eigenvalue weighted by Gasteiger charge is 2.20. The molecule has 34 heavy (non-hydrogen) atoms. The third-order valence-electron chi connectivity index (χ3n) is 4.93. The Morgan fingerprint density at radius 1 is 1.21 bits per heavy atom. The van der Waals surface area contributed by atoms with Crippen molar-refractivity contribution in [2.45, 2.75) is 25.0 Å². The smallest absolute Gasteiger partial charge is 0.296 e. The number of nitrogens with one attached hydrogen (secondary N) is 2. The number of methoxy groups -OCH3 is 1. The average Bonchev–Trinajstić information content (AvgIpc) is 3.18. The largest absolute Gasteiger partial charge is 0.496 e. The predicted octanol–water partition coefficient (Wildman–Crippen LogP) is 3.26. The number of hydrogen-bond donors (Lipinski definition) is 2. The van der Waals surface area contributed by atoms with E-state index in [1.54, 1.807) is 30.7 Å². The number of benzene rings is 2. The van der Waals surface area contributed by atoms with Crippen molar-refractivity contribution in [1.82, 2.24) is 20.1 Å². The number of carbonyl (C=O) groups excluding carboxylic acids is 2. The van der Waals surface area contributed by atoms with Crippen LogP contribution >= 0.6 is 11.8 Å². The summed E-state index contributed by atoms with van der Waals surface area (Å²) in [6, 6.07) is 11.0. The standard InChI is InChI=1S/C22H24N6O5S/c1-13-5-7-15(8-6-13)21(30)23-14(2)20-25-26-22(27(20)3)34-12-19(29)24-17-10-9-16(33-4)11-18(17)28(31)32/h5-11,14H,12H2,1-4H3,(H,23,30)(H,24,29)/t14-/m0/s1. The fourth-order valence-electron chi connectivity index (χ4n) is 3.09. The molecule has 0 spiro atoms. The molecule has 0 saturated heterocycles. The SMILES string of the molecule is COc1ccc(NC(=O)CSc2nnc([C@H](C)NC(=O)c3ccc(C)cc3)n2C)c([N+](=O)[O-])c1. The van der Waals surface area contributed by atoms with Gasteiger partial charge in [0, 0.05) is 12.6 Å². The normalized spacial score (nSPS) is 11.5. The number of aryl methyl sites for hydroxylation is 1. The van der Waals surface area contributed by atoms with Crippen molar-refractivity contribution in [2.75, 3.05) is 18.2 Å². The lowest BCUT2D eigenvalue weighted by molar-refractivity contribution is -0.384. The van der Waals surface area contributed by atoms with Crippen LogP contribution in [0.1, 0.15) is 34.7 Å². The molecule has 2 aromatic carbocycles. The number of amides is 2. The Balaban J connectivity index is 1.61. The van der Waals surface area contributed by atoms with E-state index in [2.05, 4.69) is 20.8 Å². The van der Waals surface area contributed by atoms with Gasteiger partial charge in [-0.2, -0.15) is 0 Å². The van der Waals surface area contributed by atoms with Gasteiger partial charge in [-0.25, -0.2) is 0 Å². The molecule has 0 aliphatic carbocycles. The van der Waals surface area contributed by atoms with E-state index in [1.165, 1.54) is 25.3 Å². The summed E-state index contributed by atoms with van der Waals surface area (Å²) in [4.78, 5) is 35.6. The summed E-state index contributed by atoms with van der Waals surface area (Å²) in [6.07, 6.45) is 0. The van der Waals surface area contributed by atoms with Crippen LogP contribution in [0.4, 0.5) is 11.4 Å². The van der Waals surface area contributed by atoms with Gasteiger partial charge in [-0.1, -0.05) is 29.5 Å². The van der Waals surface area contributed by atoms with Gasteiger partial charge in [0.1, 0.15) is 11.4 Å². The fraction of sp³-hybridized carbons (Fsp3) is 0.273. The number of aromatic nitrogens is 3. The van der Waals surface area contributed by atoms with Crippen LogP contribution in [0.15, 0.2) is 47.6 Å². The molecule has 178 valence electrons. The van der Waals surface area contributed by atoms with Crippen LogP contribution in [-0.4, -0.2) is 44.4 Å². The highest BCUT2D eigenvalue weighted by atomic mass is 32.2. The van der Waals surface area contributed by atoms with Crippen LogP contribution in [0.25, 0.3) is 0 Å². The van der Waals surface area contributed by atoms with Gasteiger partial charge in [-0.15, -0.1) is 10.2 Å². The van der Waals surface area contributed by atoms with E-state index in [4.69, 9.17) is 4.74 Å². The van der Waals surface area contributed by atoms with E-state index in [0.717, 1.165) is 17.3 Å². The minimum Gasteiger partial charge on any atom is -0.496 e. The minimum atomic E-state index is -0.591. The topological polar surface area (TPSA) is 141 Å². The Morgan fingerprint density at radius 3 is 2.56 bits per heavy atom. The van der Waals surface area contributed by atoms with Crippen molar-refractivity contribution >= 4 is 35.0 Å². The summed E-state index contributed by atoms with van der Waals surface area (Å²) in [7, 11) is 3.14. The second-order valence-electron chi connectivity index (χ2n) is 7.44. The highest BCUT2D eigenvalue weighted by Crippen LogP contribution is 2.29. The first-order valence-electron chi connectivity index (χ1n) is 10.2. The van der Waals surface area contributed by atoms with Crippen LogP contribution in [0.2, 0.25) is 0 Å². The number of carbonyl (C=O) groups is 2.